The van der Waals surface area contributed by atoms with Gasteiger partial charge in [-0.05, 0) is 106 Å². The number of nitrogens with one attached hydrogen (secondary N) is 2. The summed E-state index contributed by atoms with van der Waals surface area (Å²) in [6.07, 6.45) is 6.54. The molecule has 0 aromatic heterocycles. The molecule has 1 heterocycles. The molecule has 3 aromatic rings. The van der Waals surface area contributed by atoms with Gasteiger partial charge in [0, 0.05) is 43.8 Å². The van der Waals surface area contributed by atoms with Crippen LogP contribution < -0.4 is 15.4 Å². The summed E-state index contributed by atoms with van der Waals surface area (Å²) >= 11 is 0. The van der Waals surface area contributed by atoms with Crippen LogP contribution in [0.4, 0.5) is 4.79 Å². The number of carbonyl (C=O) groups excluding carboxylic acids is 5. The van der Waals surface area contributed by atoms with Crippen LogP contribution in [0.1, 0.15) is 138 Å². The minimum atomic E-state index is -1.14. The Bertz CT molecular complexity index is 1990. The lowest BCUT2D eigenvalue weighted by molar-refractivity contribution is -0.144. The van der Waals surface area contributed by atoms with Crippen molar-refractivity contribution in [2.45, 2.75) is 136 Å². The number of aryl methyl sites for hydroxylation is 2. The lowest BCUT2D eigenvalue weighted by Gasteiger charge is -2.32. The van der Waals surface area contributed by atoms with Gasteiger partial charge in [-0.15, -0.1) is 0 Å². The third-order valence-electron chi connectivity index (χ3n) is 11.4. The standard InChI is InChI=1S/C50H67N3O9/c1-8-9-15-34-19-21-35(22-20-34)36-23-25-37(26-24-36)42(54)32-40(17-13-14-29-51-49(60)62-50(3,4)5)47(57)53(6)45-39-27-28-44(61-7)38(31-39)16-11-10-12-18-41(48(58)59)52-46(56)33(2)30-43(45)55/h19-28,31,33,40-41,45H,8-18,29-30,32H2,1-7H3,(H,51,60)(H,52,56)(H,58,59)/t33-,40-,41+,45+/m1/s1. The van der Waals surface area contributed by atoms with E-state index >= 15 is 0 Å². The molecular formula is C50H67N3O9. The fraction of sp³-hybridized carbons (Fsp3) is 0.520. The van der Waals surface area contributed by atoms with Gasteiger partial charge in [0.15, 0.2) is 11.6 Å². The van der Waals surface area contributed by atoms with Crippen LogP contribution in [0.3, 0.4) is 0 Å². The summed E-state index contributed by atoms with van der Waals surface area (Å²) in [4.78, 5) is 82.2. The molecule has 4 atom stereocenters. The van der Waals surface area contributed by atoms with Gasteiger partial charge in [0.25, 0.3) is 0 Å². The third-order valence-corrected chi connectivity index (χ3v) is 11.4. The number of likely N-dealkylation sites (N-methyl/N-ethyl adjacent to an activating group) is 1. The van der Waals surface area contributed by atoms with Crippen LogP contribution in [0.2, 0.25) is 0 Å². The average Bonchev–Trinajstić information content (AvgIpc) is 3.23. The summed E-state index contributed by atoms with van der Waals surface area (Å²) in [5.41, 5.74) is 4.49. The van der Waals surface area contributed by atoms with Gasteiger partial charge in [-0.2, -0.15) is 0 Å². The number of hydrogen-bond acceptors (Lipinski definition) is 8. The number of benzene rings is 3. The Morgan fingerprint density at radius 3 is 2.23 bits per heavy atom. The van der Waals surface area contributed by atoms with Crippen LogP contribution >= 0.6 is 0 Å². The highest BCUT2D eigenvalue weighted by molar-refractivity contribution is 6.00. The number of carboxylic acid groups (broad SMARTS) is 1. The Balaban J connectivity index is 1.63. The zero-order valence-corrected chi connectivity index (χ0v) is 37.7. The van der Waals surface area contributed by atoms with Gasteiger partial charge in [0.05, 0.1) is 7.11 Å². The Kier molecular flexibility index (Phi) is 18.7. The number of ether oxygens (including phenoxy) is 2. The number of unbranched alkanes of at least 4 members (excludes halogenated alkanes) is 2. The first-order chi connectivity index (χ1) is 29.5. The maximum Gasteiger partial charge on any atom is 0.407 e. The number of hydrogen-bond donors (Lipinski definition) is 3. The molecule has 62 heavy (non-hydrogen) atoms. The largest absolute Gasteiger partial charge is 0.496 e. The Morgan fingerprint density at radius 2 is 1.60 bits per heavy atom. The molecular weight excluding hydrogens is 787 g/mol. The molecule has 0 fully saturated rings. The van der Waals surface area contributed by atoms with Crippen molar-refractivity contribution in [2.75, 3.05) is 20.7 Å². The summed E-state index contributed by atoms with van der Waals surface area (Å²) in [7, 11) is 3.12. The van der Waals surface area contributed by atoms with Gasteiger partial charge < -0.3 is 30.1 Å². The van der Waals surface area contributed by atoms with Crippen molar-refractivity contribution in [3.05, 3.63) is 89.0 Å². The van der Waals surface area contributed by atoms with E-state index in [1.807, 2.05) is 18.2 Å². The summed E-state index contributed by atoms with van der Waals surface area (Å²) < 4.78 is 11.0. The molecule has 3 aromatic carbocycles. The number of methoxy groups -OCH3 is 1. The topological polar surface area (TPSA) is 168 Å². The number of aliphatic carboxylic acids is 1. The predicted octanol–water partition coefficient (Wildman–Crippen LogP) is 9.07. The number of Topliss-reactive ketones (excluding diaryl/α,β-unsaturated/α-hetero) is 2. The maximum atomic E-state index is 14.8. The predicted molar refractivity (Wildman–Crippen MR) is 240 cm³/mol. The van der Waals surface area contributed by atoms with Crippen LogP contribution in [-0.2, 0) is 36.8 Å². The normalized spacial score (nSPS) is 18.0. The summed E-state index contributed by atoms with van der Waals surface area (Å²) in [5, 5.41) is 15.2. The quantitative estimate of drug-likeness (QED) is 0.0941. The van der Waals surface area contributed by atoms with Crippen molar-refractivity contribution in [1.29, 1.82) is 0 Å². The van der Waals surface area contributed by atoms with E-state index in [0.717, 1.165) is 36.0 Å². The second-order valence-corrected chi connectivity index (χ2v) is 17.6. The van der Waals surface area contributed by atoms with Gasteiger partial charge >= 0.3 is 12.1 Å². The molecule has 2 bridgehead atoms. The number of carboxylic acids is 1. The van der Waals surface area contributed by atoms with E-state index < -0.39 is 59.2 Å². The SMILES string of the molecule is CCCCc1ccc(-c2ccc(C(=O)C[C@@H](CCCCNC(=O)OC(C)(C)C)C(=O)N(C)[C@@H]3C(=O)C[C@@H](C)C(=O)N[C@H](C(=O)O)CCCCCc4cc3ccc4OC)cc2)cc1. The Morgan fingerprint density at radius 1 is 0.919 bits per heavy atom. The minimum Gasteiger partial charge on any atom is -0.496 e. The molecule has 0 aliphatic carbocycles. The molecule has 4 rings (SSSR count). The van der Waals surface area contributed by atoms with Gasteiger partial charge in [0.2, 0.25) is 11.8 Å². The van der Waals surface area contributed by atoms with Gasteiger partial charge in [-0.1, -0.05) is 94.1 Å². The number of alkyl carbamates (subject to hydrolysis) is 1. The van der Waals surface area contributed by atoms with Crippen LogP contribution in [0.25, 0.3) is 11.1 Å². The van der Waals surface area contributed by atoms with Crippen molar-refractivity contribution in [3.8, 4) is 16.9 Å². The first-order valence-electron chi connectivity index (χ1n) is 22.2. The second-order valence-electron chi connectivity index (χ2n) is 17.6. The van der Waals surface area contributed by atoms with Crippen molar-refractivity contribution >= 4 is 35.4 Å². The van der Waals surface area contributed by atoms with E-state index in [1.54, 1.807) is 66.1 Å². The first kappa shape index (κ1) is 49.1. The molecule has 12 heteroatoms. The Hall–Kier alpha value is -5.52. The fourth-order valence-corrected chi connectivity index (χ4v) is 7.89. The molecule has 1 aliphatic heterocycles. The van der Waals surface area contributed by atoms with Crippen molar-refractivity contribution in [3.63, 3.8) is 0 Å². The van der Waals surface area contributed by atoms with E-state index in [2.05, 4.69) is 41.8 Å². The number of nitrogens with zero attached hydrogens (tertiary/aromatic N) is 1. The summed E-state index contributed by atoms with van der Waals surface area (Å²) in [6, 6.07) is 19.0. The van der Waals surface area contributed by atoms with E-state index in [1.165, 1.54) is 10.5 Å². The average molecular weight is 854 g/mol. The smallest absolute Gasteiger partial charge is 0.407 e. The van der Waals surface area contributed by atoms with Gasteiger partial charge in [-0.3, -0.25) is 19.2 Å². The number of rotatable bonds is 16. The lowest BCUT2D eigenvalue weighted by Crippen LogP contribution is -2.44. The van der Waals surface area contributed by atoms with Crippen LogP contribution in [-0.4, -0.2) is 77.8 Å². The van der Waals surface area contributed by atoms with Crippen molar-refractivity contribution in [1.82, 2.24) is 15.5 Å². The van der Waals surface area contributed by atoms with E-state index in [-0.39, 0.29) is 25.0 Å². The number of carbonyl (C=O) groups is 6. The minimum absolute atomic E-state index is 0.113. The van der Waals surface area contributed by atoms with Gasteiger partial charge in [0.1, 0.15) is 23.4 Å². The van der Waals surface area contributed by atoms with E-state index in [4.69, 9.17) is 9.47 Å². The third kappa shape index (κ3) is 14.8. The van der Waals surface area contributed by atoms with E-state index in [9.17, 15) is 33.9 Å². The molecule has 0 saturated heterocycles. The molecule has 0 unspecified atom stereocenters. The number of amides is 3. The molecule has 0 radical (unpaired) electrons. The molecule has 336 valence electrons. The highest BCUT2D eigenvalue weighted by Crippen LogP contribution is 2.33. The van der Waals surface area contributed by atoms with Gasteiger partial charge in [-0.25, -0.2) is 9.59 Å². The zero-order chi connectivity index (χ0) is 45.4. The Labute approximate surface area is 367 Å². The fourth-order valence-electron chi connectivity index (χ4n) is 7.89. The van der Waals surface area contributed by atoms with Crippen LogP contribution in [0.15, 0.2) is 66.7 Å². The number of ketones is 2. The molecule has 12 nitrogen and oxygen atoms in total. The zero-order valence-electron chi connectivity index (χ0n) is 37.7. The molecule has 0 spiro atoms. The van der Waals surface area contributed by atoms with Crippen LogP contribution in [0, 0.1) is 11.8 Å². The lowest BCUT2D eigenvalue weighted by atomic mass is 9.88. The van der Waals surface area contributed by atoms with Crippen molar-refractivity contribution < 1.29 is 43.3 Å². The molecule has 3 N–H and O–H groups in total. The highest BCUT2D eigenvalue weighted by atomic mass is 16.6. The summed E-state index contributed by atoms with van der Waals surface area (Å²) in [6.45, 7) is 9.39. The first-order valence-corrected chi connectivity index (χ1v) is 22.2. The number of fused-ring (bicyclic) bond motifs is 2. The van der Waals surface area contributed by atoms with Crippen LogP contribution in [0.5, 0.6) is 5.75 Å². The van der Waals surface area contributed by atoms with E-state index in [0.29, 0.717) is 68.4 Å². The van der Waals surface area contributed by atoms with Crippen molar-refractivity contribution in [2.24, 2.45) is 11.8 Å². The monoisotopic (exact) mass is 853 g/mol. The highest BCUT2D eigenvalue weighted by Gasteiger charge is 2.36. The molecule has 0 saturated carbocycles. The second kappa shape index (κ2) is 23.6. The maximum absolute atomic E-state index is 14.8. The molecule has 3 amide bonds. The molecule has 1 aliphatic rings. The summed E-state index contributed by atoms with van der Waals surface area (Å²) in [5.74, 6) is -3.78.